The van der Waals surface area contributed by atoms with Gasteiger partial charge in [-0.2, -0.15) is 0 Å². The number of halogens is 1. The quantitative estimate of drug-likeness (QED) is 0.811. The minimum Gasteiger partial charge on any atom is -0.486 e. The summed E-state index contributed by atoms with van der Waals surface area (Å²) in [4.78, 5) is 28.8. The first-order valence-electron chi connectivity index (χ1n) is 10.5. The molecular weight excluding hydrogens is 394 g/mol. The first kappa shape index (κ1) is 20.1. The zero-order chi connectivity index (χ0) is 20.2. The first-order valence-corrected chi connectivity index (χ1v) is 10.9. The molecular formula is C21H28ClN3O4. The molecule has 1 aromatic rings. The van der Waals surface area contributed by atoms with Crippen LogP contribution >= 0.6 is 11.6 Å². The second-order valence-electron chi connectivity index (χ2n) is 7.88. The van der Waals surface area contributed by atoms with Crippen molar-refractivity contribution < 1.29 is 19.1 Å². The van der Waals surface area contributed by atoms with Crippen LogP contribution in [0, 0.1) is 5.92 Å². The Morgan fingerprint density at radius 1 is 1.03 bits per heavy atom. The van der Waals surface area contributed by atoms with Crippen molar-refractivity contribution in [2.45, 2.75) is 32.1 Å². The van der Waals surface area contributed by atoms with E-state index in [0.717, 1.165) is 44.3 Å². The number of hydrogen-bond donors (Lipinski definition) is 1. The van der Waals surface area contributed by atoms with Crippen LogP contribution in [0.3, 0.4) is 0 Å². The van der Waals surface area contributed by atoms with Gasteiger partial charge in [0.2, 0.25) is 5.91 Å². The minimum absolute atomic E-state index is 0.0264. The maximum atomic E-state index is 12.5. The topological polar surface area (TPSA) is 71.1 Å². The van der Waals surface area contributed by atoms with Crippen molar-refractivity contribution in [3.63, 3.8) is 0 Å². The highest BCUT2D eigenvalue weighted by atomic mass is 35.5. The van der Waals surface area contributed by atoms with Crippen LogP contribution in [0.15, 0.2) is 12.1 Å². The predicted molar refractivity (Wildman–Crippen MR) is 110 cm³/mol. The van der Waals surface area contributed by atoms with Gasteiger partial charge in [-0.25, -0.2) is 4.79 Å². The molecule has 0 bridgehead atoms. The third-order valence-corrected chi connectivity index (χ3v) is 6.16. The predicted octanol–water partition coefficient (Wildman–Crippen LogP) is 2.70. The number of amides is 3. The highest BCUT2D eigenvalue weighted by Gasteiger charge is 2.30. The van der Waals surface area contributed by atoms with Gasteiger partial charge in [0.15, 0.2) is 11.5 Å². The number of nitrogens with one attached hydrogen (secondary N) is 1. The standard InChI is InChI=1S/C21H28ClN3O4/c22-17-13-15(14-18-19(17)29-12-11-28-18)3-6-23-20(26)16-4-9-25(10-5-16)21(27)24-7-1-2-8-24/h13-14,16H,1-12H2,(H,23,26). The van der Waals surface area contributed by atoms with E-state index in [1.54, 1.807) is 0 Å². The average Bonchev–Trinajstić information content (AvgIpc) is 3.28. The van der Waals surface area contributed by atoms with E-state index in [-0.39, 0.29) is 17.9 Å². The van der Waals surface area contributed by atoms with Crippen molar-refractivity contribution >= 4 is 23.5 Å². The molecule has 0 radical (unpaired) electrons. The molecule has 158 valence electrons. The lowest BCUT2D eigenvalue weighted by atomic mass is 9.96. The van der Waals surface area contributed by atoms with E-state index in [0.29, 0.717) is 55.8 Å². The second-order valence-corrected chi connectivity index (χ2v) is 8.29. The molecule has 0 atom stereocenters. The second kappa shape index (κ2) is 9.11. The molecule has 8 heteroatoms. The Morgan fingerprint density at radius 3 is 2.48 bits per heavy atom. The number of fused-ring (bicyclic) bond motifs is 1. The summed E-state index contributed by atoms with van der Waals surface area (Å²) in [6.45, 7) is 4.61. The Balaban J connectivity index is 1.22. The lowest BCUT2D eigenvalue weighted by molar-refractivity contribution is -0.126. The molecule has 1 aromatic carbocycles. The number of benzene rings is 1. The molecule has 0 spiro atoms. The molecule has 1 N–H and O–H groups in total. The molecule has 0 aliphatic carbocycles. The highest BCUT2D eigenvalue weighted by Crippen LogP contribution is 2.38. The van der Waals surface area contributed by atoms with Crippen molar-refractivity contribution in [1.29, 1.82) is 0 Å². The molecule has 3 heterocycles. The van der Waals surface area contributed by atoms with Crippen LogP contribution in [0.5, 0.6) is 11.5 Å². The monoisotopic (exact) mass is 421 g/mol. The van der Waals surface area contributed by atoms with Crippen molar-refractivity contribution in [1.82, 2.24) is 15.1 Å². The number of hydrogen-bond acceptors (Lipinski definition) is 4. The number of piperidine rings is 1. The summed E-state index contributed by atoms with van der Waals surface area (Å²) in [5.41, 5.74) is 1.01. The number of likely N-dealkylation sites (tertiary alicyclic amines) is 2. The SMILES string of the molecule is O=C(NCCc1cc(Cl)c2c(c1)OCCO2)C1CCN(C(=O)N2CCCC2)CC1. The normalized spacial score (nSPS) is 19.3. The molecule has 3 amide bonds. The maximum Gasteiger partial charge on any atom is 0.319 e. The van der Waals surface area contributed by atoms with E-state index in [4.69, 9.17) is 21.1 Å². The minimum atomic E-state index is -0.0264. The van der Waals surface area contributed by atoms with Crippen LogP contribution in [0.1, 0.15) is 31.2 Å². The number of ether oxygens (including phenoxy) is 2. The molecule has 29 heavy (non-hydrogen) atoms. The average molecular weight is 422 g/mol. The molecule has 0 aromatic heterocycles. The molecule has 0 saturated carbocycles. The van der Waals surface area contributed by atoms with Crippen LogP contribution in [-0.4, -0.2) is 67.7 Å². The fourth-order valence-electron chi connectivity index (χ4n) is 4.22. The van der Waals surface area contributed by atoms with Crippen LogP contribution in [-0.2, 0) is 11.2 Å². The van der Waals surface area contributed by atoms with E-state index < -0.39 is 0 Å². The Labute approximate surface area is 176 Å². The Hall–Kier alpha value is -2.15. The Kier molecular flexibility index (Phi) is 6.33. The third-order valence-electron chi connectivity index (χ3n) is 5.88. The van der Waals surface area contributed by atoms with Crippen LogP contribution < -0.4 is 14.8 Å². The number of urea groups is 1. The summed E-state index contributed by atoms with van der Waals surface area (Å²) in [5.74, 6) is 1.31. The van der Waals surface area contributed by atoms with Gasteiger partial charge in [0, 0.05) is 38.6 Å². The molecule has 4 rings (SSSR count). The van der Waals surface area contributed by atoms with Crippen molar-refractivity contribution in [2.24, 2.45) is 5.92 Å². The lowest BCUT2D eigenvalue weighted by Gasteiger charge is -2.34. The first-order chi connectivity index (χ1) is 14.1. The molecule has 0 unspecified atom stereocenters. The number of nitrogens with zero attached hydrogens (tertiary/aromatic N) is 2. The van der Waals surface area contributed by atoms with Crippen molar-refractivity contribution in [3.8, 4) is 11.5 Å². The van der Waals surface area contributed by atoms with Crippen LogP contribution in [0.2, 0.25) is 5.02 Å². The van der Waals surface area contributed by atoms with Gasteiger partial charge >= 0.3 is 6.03 Å². The van der Waals surface area contributed by atoms with E-state index in [9.17, 15) is 9.59 Å². The number of carbonyl (C=O) groups is 2. The summed E-state index contributed by atoms with van der Waals surface area (Å²) in [6, 6.07) is 3.93. The van der Waals surface area contributed by atoms with Gasteiger partial charge in [-0.05, 0) is 49.8 Å². The van der Waals surface area contributed by atoms with E-state index in [2.05, 4.69) is 5.32 Å². The molecule has 2 saturated heterocycles. The number of rotatable bonds is 4. The van der Waals surface area contributed by atoms with Crippen LogP contribution in [0.4, 0.5) is 4.79 Å². The van der Waals surface area contributed by atoms with Gasteiger partial charge in [-0.1, -0.05) is 11.6 Å². The van der Waals surface area contributed by atoms with Gasteiger partial charge in [0.05, 0.1) is 5.02 Å². The summed E-state index contributed by atoms with van der Waals surface area (Å²) in [5, 5.41) is 3.57. The summed E-state index contributed by atoms with van der Waals surface area (Å²) < 4.78 is 11.1. The summed E-state index contributed by atoms with van der Waals surface area (Å²) in [6.07, 6.45) is 4.31. The lowest BCUT2D eigenvalue weighted by Crippen LogP contribution is -2.47. The van der Waals surface area contributed by atoms with Crippen molar-refractivity contribution in [2.75, 3.05) is 45.9 Å². The van der Waals surface area contributed by atoms with Gasteiger partial charge in [0.25, 0.3) is 0 Å². The van der Waals surface area contributed by atoms with Gasteiger partial charge in [0.1, 0.15) is 13.2 Å². The highest BCUT2D eigenvalue weighted by molar-refractivity contribution is 6.32. The fourth-order valence-corrected chi connectivity index (χ4v) is 4.51. The van der Waals surface area contributed by atoms with Crippen LogP contribution in [0.25, 0.3) is 0 Å². The van der Waals surface area contributed by atoms with E-state index in [1.807, 2.05) is 21.9 Å². The maximum absolute atomic E-state index is 12.5. The number of carbonyl (C=O) groups excluding carboxylic acids is 2. The van der Waals surface area contributed by atoms with Gasteiger partial charge in [-0.15, -0.1) is 0 Å². The Bertz CT molecular complexity index is 759. The van der Waals surface area contributed by atoms with Crippen molar-refractivity contribution in [3.05, 3.63) is 22.7 Å². The van der Waals surface area contributed by atoms with Gasteiger partial charge < -0.3 is 24.6 Å². The molecule has 3 aliphatic heterocycles. The fraction of sp³-hybridized carbons (Fsp3) is 0.619. The molecule has 2 fully saturated rings. The van der Waals surface area contributed by atoms with E-state index in [1.165, 1.54) is 0 Å². The smallest absolute Gasteiger partial charge is 0.319 e. The van der Waals surface area contributed by atoms with Gasteiger partial charge in [-0.3, -0.25) is 4.79 Å². The molecule has 7 nitrogen and oxygen atoms in total. The Morgan fingerprint density at radius 2 is 1.72 bits per heavy atom. The zero-order valence-corrected chi connectivity index (χ0v) is 17.4. The zero-order valence-electron chi connectivity index (χ0n) is 16.6. The third kappa shape index (κ3) is 4.71. The molecule has 3 aliphatic rings. The van der Waals surface area contributed by atoms with E-state index >= 15 is 0 Å². The largest absolute Gasteiger partial charge is 0.486 e. The summed E-state index contributed by atoms with van der Waals surface area (Å²) >= 11 is 6.27. The summed E-state index contributed by atoms with van der Waals surface area (Å²) in [7, 11) is 0.